The van der Waals surface area contributed by atoms with E-state index in [0.29, 0.717) is 25.0 Å². The third-order valence-corrected chi connectivity index (χ3v) is 6.59. The van der Waals surface area contributed by atoms with Crippen molar-refractivity contribution in [3.05, 3.63) is 83.9 Å². The lowest BCUT2D eigenvalue weighted by Crippen LogP contribution is -2.39. The molecule has 0 amide bonds. The van der Waals surface area contributed by atoms with Crippen LogP contribution in [0.4, 0.5) is 10.3 Å². The van der Waals surface area contributed by atoms with Crippen LogP contribution in [0.15, 0.2) is 67.0 Å². The second kappa shape index (κ2) is 12.5. The van der Waals surface area contributed by atoms with Crippen LogP contribution in [0, 0.1) is 5.82 Å². The van der Waals surface area contributed by atoms with Crippen molar-refractivity contribution in [2.75, 3.05) is 31.5 Å². The molecule has 0 aliphatic carbocycles. The Hall–Kier alpha value is -3.45. The molecule has 2 heterocycles. The second-order valence-electron chi connectivity index (χ2n) is 9.23. The third-order valence-electron chi connectivity index (χ3n) is 6.59. The lowest BCUT2D eigenvalue weighted by Gasteiger charge is -2.34. The lowest BCUT2D eigenvalue weighted by atomic mass is 10.0. The number of phenols is 1. The van der Waals surface area contributed by atoms with E-state index in [1.807, 2.05) is 6.07 Å². The van der Waals surface area contributed by atoms with E-state index in [4.69, 9.17) is 4.98 Å². The molecule has 190 valence electrons. The molecule has 1 aromatic heterocycles. The fourth-order valence-corrected chi connectivity index (χ4v) is 4.62. The molecule has 1 aliphatic heterocycles. The van der Waals surface area contributed by atoms with Crippen LogP contribution in [0.1, 0.15) is 37.8 Å². The molecule has 4 rings (SSSR count). The van der Waals surface area contributed by atoms with Crippen LogP contribution in [0.3, 0.4) is 0 Å². The Morgan fingerprint density at radius 3 is 2.78 bits per heavy atom. The average molecular weight is 490 g/mol. The van der Waals surface area contributed by atoms with Gasteiger partial charge in [-0.1, -0.05) is 44.2 Å². The topological polar surface area (TPSA) is 64.5 Å². The number of aromatic hydroxyl groups is 1. The summed E-state index contributed by atoms with van der Waals surface area (Å²) in [6.45, 7) is 9.15. The summed E-state index contributed by atoms with van der Waals surface area (Å²) in [6.07, 6.45) is 9.30. The summed E-state index contributed by atoms with van der Waals surface area (Å²) in [4.78, 5) is 14.0. The van der Waals surface area contributed by atoms with Gasteiger partial charge in [-0.3, -0.25) is 4.90 Å². The molecule has 0 radical (unpaired) electrons. The zero-order valence-corrected chi connectivity index (χ0v) is 21.2. The van der Waals surface area contributed by atoms with E-state index >= 15 is 0 Å². The number of aromatic nitrogens is 2. The third kappa shape index (κ3) is 6.82. The summed E-state index contributed by atoms with van der Waals surface area (Å²) < 4.78 is 13.6. The monoisotopic (exact) mass is 489 g/mol. The normalized spacial score (nSPS) is 15.4. The highest BCUT2D eigenvalue weighted by Gasteiger charge is 2.19. The zero-order valence-electron chi connectivity index (χ0n) is 21.2. The standard InChI is InChI=1S/C29H36FN5O/c1-3-16-34-17-12-25(13-18-34)35(4-2)21-23-6-5-7-24(19-23)27-11-15-32-29(33-27)31-14-10-22-8-9-28(36)26(30)20-22/h5-9,11-12,15,17,19-20,25,36H,3-4,10,13-14,16,18,21H2,1-2H3,(H,31,32,33). The maximum atomic E-state index is 13.6. The van der Waals surface area contributed by atoms with Gasteiger partial charge in [-0.2, -0.15) is 0 Å². The Bertz CT molecular complexity index is 1170. The predicted molar refractivity (Wildman–Crippen MR) is 143 cm³/mol. The first-order valence-electron chi connectivity index (χ1n) is 12.9. The average Bonchev–Trinajstić information content (AvgIpc) is 2.90. The number of anilines is 1. The Labute approximate surface area is 213 Å². The fraction of sp³-hybridized carbons (Fsp3) is 0.379. The molecule has 2 aromatic carbocycles. The summed E-state index contributed by atoms with van der Waals surface area (Å²) in [5, 5.41) is 12.6. The van der Waals surface area contributed by atoms with Crippen LogP contribution in [0.25, 0.3) is 11.3 Å². The molecule has 7 heteroatoms. The number of likely N-dealkylation sites (N-methyl/N-ethyl adjacent to an activating group) is 1. The quantitative estimate of drug-likeness (QED) is 0.373. The Balaban J connectivity index is 1.38. The summed E-state index contributed by atoms with van der Waals surface area (Å²) >= 11 is 0. The smallest absolute Gasteiger partial charge is 0.223 e. The minimum atomic E-state index is -0.606. The number of hydrogen-bond acceptors (Lipinski definition) is 6. The molecular weight excluding hydrogens is 453 g/mol. The van der Waals surface area contributed by atoms with E-state index in [1.165, 1.54) is 24.1 Å². The Morgan fingerprint density at radius 1 is 1.14 bits per heavy atom. The van der Waals surface area contributed by atoms with Crippen molar-refractivity contribution in [3.8, 4) is 17.0 Å². The molecule has 0 saturated heterocycles. The Kier molecular flexibility index (Phi) is 8.90. The highest BCUT2D eigenvalue weighted by Crippen LogP contribution is 2.22. The maximum Gasteiger partial charge on any atom is 0.223 e. The van der Waals surface area contributed by atoms with Crippen molar-refractivity contribution in [1.29, 1.82) is 0 Å². The van der Waals surface area contributed by atoms with E-state index in [9.17, 15) is 9.50 Å². The summed E-state index contributed by atoms with van der Waals surface area (Å²) in [7, 11) is 0. The van der Waals surface area contributed by atoms with E-state index in [0.717, 1.165) is 49.4 Å². The van der Waals surface area contributed by atoms with Gasteiger partial charge in [0.2, 0.25) is 5.95 Å². The number of hydrogen-bond donors (Lipinski definition) is 2. The van der Waals surface area contributed by atoms with Crippen LogP contribution in [0.5, 0.6) is 5.75 Å². The molecule has 6 nitrogen and oxygen atoms in total. The number of nitrogens with zero attached hydrogens (tertiary/aromatic N) is 4. The molecule has 0 bridgehead atoms. The SMILES string of the molecule is CCCN1C=CC(N(CC)Cc2cccc(-c3ccnc(NCCc4ccc(O)c(F)c4)n3)c2)CC1. The van der Waals surface area contributed by atoms with Crippen molar-refractivity contribution >= 4 is 5.95 Å². The molecule has 1 unspecified atom stereocenters. The number of halogens is 1. The van der Waals surface area contributed by atoms with Crippen molar-refractivity contribution < 1.29 is 9.50 Å². The lowest BCUT2D eigenvalue weighted by molar-refractivity contribution is 0.193. The molecule has 0 fully saturated rings. The van der Waals surface area contributed by atoms with Crippen LogP contribution in [-0.2, 0) is 13.0 Å². The molecule has 3 aromatic rings. The fourth-order valence-electron chi connectivity index (χ4n) is 4.62. The zero-order chi connectivity index (χ0) is 25.3. The van der Waals surface area contributed by atoms with Gasteiger partial charge in [0.25, 0.3) is 0 Å². The van der Waals surface area contributed by atoms with Crippen molar-refractivity contribution in [1.82, 2.24) is 19.8 Å². The van der Waals surface area contributed by atoms with Crippen molar-refractivity contribution in [2.45, 2.75) is 45.7 Å². The van der Waals surface area contributed by atoms with Gasteiger partial charge in [0.15, 0.2) is 11.6 Å². The molecular formula is C29H36FN5O. The van der Waals surface area contributed by atoms with Gasteiger partial charge >= 0.3 is 0 Å². The van der Waals surface area contributed by atoms with E-state index in [1.54, 1.807) is 12.3 Å². The van der Waals surface area contributed by atoms with Gasteiger partial charge in [-0.15, -0.1) is 0 Å². The number of nitrogens with one attached hydrogen (secondary N) is 1. The van der Waals surface area contributed by atoms with Gasteiger partial charge in [0.1, 0.15) is 0 Å². The minimum Gasteiger partial charge on any atom is -0.505 e. The van der Waals surface area contributed by atoms with Gasteiger partial charge in [0.05, 0.1) is 5.69 Å². The van der Waals surface area contributed by atoms with Crippen molar-refractivity contribution in [2.24, 2.45) is 0 Å². The van der Waals surface area contributed by atoms with Gasteiger partial charge in [0, 0.05) is 44.0 Å². The first-order chi connectivity index (χ1) is 17.6. The summed E-state index contributed by atoms with van der Waals surface area (Å²) in [5.41, 5.74) is 3.98. The Morgan fingerprint density at radius 2 is 2.03 bits per heavy atom. The molecule has 2 N–H and O–H groups in total. The van der Waals surface area contributed by atoms with E-state index in [2.05, 4.69) is 70.5 Å². The summed E-state index contributed by atoms with van der Waals surface area (Å²) in [5.74, 6) is -0.401. The highest BCUT2D eigenvalue weighted by molar-refractivity contribution is 5.61. The second-order valence-corrected chi connectivity index (χ2v) is 9.23. The van der Waals surface area contributed by atoms with Crippen LogP contribution in [-0.4, -0.2) is 57.1 Å². The van der Waals surface area contributed by atoms with Gasteiger partial charge in [-0.05, 0) is 67.4 Å². The predicted octanol–water partition coefficient (Wildman–Crippen LogP) is 5.46. The minimum absolute atomic E-state index is 0.333. The molecule has 0 saturated carbocycles. The van der Waals surface area contributed by atoms with Crippen LogP contribution >= 0.6 is 0 Å². The molecule has 0 spiro atoms. The number of benzene rings is 2. The van der Waals surface area contributed by atoms with Crippen LogP contribution < -0.4 is 5.32 Å². The van der Waals surface area contributed by atoms with E-state index < -0.39 is 5.82 Å². The van der Waals surface area contributed by atoms with Gasteiger partial charge < -0.3 is 15.3 Å². The molecule has 1 atom stereocenters. The maximum absolute atomic E-state index is 13.6. The van der Waals surface area contributed by atoms with Crippen LogP contribution in [0.2, 0.25) is 0 Å². The number of phenolic OH excluding ortho intramolecular Hbond substituents is 1. The largest absolute Gasteiger partial charge is 0.505 e. The van der Waals surface area contributed by atoms with Crippen molar-refractivity contribution in [3.63, 3.8) is 0 Å². The highest BCUT2D eigenvalue weighted by atomic mass is 19.1. The van der Waals surface area contributed by atoms with Gasteiger partial charge in [-0.25, -0.2) is 14.4 Å². The summed E-state index contributed by atoms with van der Waals surface area (Å²) in [6, 6.07) is 15.4. The molecule has 36 heavy (non-hydrogen) atoms. The van der Waals surface area contributed by atoms with E-state index in [-0.39, 0.29) is 5.75 Å². The number of rotatable bonds is 11. The molecule has 1 aliphatic rings. The first-order valence-corrected chi connectivity index (χ1v) is 12.9. The first kappa shape index (κ1) is 25.6.